The predicted octanol–water partition coefficient (Wildman–Crippen LogP) is 6.00. The standard InChI is InChI=1S/C32H40N4O2/c37-28-13-16-34(17-14-28)22-27-23-36(21-26-9-5-2-6-10-26)31-12-11-29(19-30(27)31)38-24-32-33-15-18-35(32)20-25-7-3-1-4-8-25/h1,3-4,7-8,11-12,15,18-19,23,26,28,37H,2,5-6,9-10,13-14,16-17,20-22,24H2. The lowest BCUT2D eigenvalue weighted by atomic mass is 9.89. The molecule has 1 aliphatic carbocycles. The summed E-state index contributed by atoms with van der Waals surface area (Å²) in [6.07, 6.45) is 14.7. The van der Waals surface area contributed by atoms with Gasteiger partial charge in [-0.1, -0.05) is 49.6 Å². The highest BCUT2D eigenvalue weighted by molar-refractivity contribution is 5.85. The van der Waals surface area contributed by atoms with Crippen molar-refractivity contribution < 1.29 is 9.84 Å². The molecule has 6 heteroatoms. The van der Waals surface area contributed by atoms with E-state index in [1.165, 1.54) is 54.1 Å². The number of aliphatic hydroxyl groups is 1. The number of rotatable bonds is 9. The smallest absolute Gasteiger partial charge is 0.147 e. The molecule has 0 amide bonds. The topological polar surface area (TPSA) is 55.4 Å². The maximum absolute atomic E-state index is 9.97. The summed E-state index contributed by atoms with van der Waals surface area (Å²) in [6, 6.07) is 17.1. The van der Waals surface area contributed by atoms with E-state index in [0.717, 1.165) is 63.1 Å². The fourth-order valence-electron chi connectivity index (χ4n) is 6.24. The monoisotopic (exact) mass is 512 g/mol. The van der Waals surface area contributed by atoms with Crippen LogP contribution in [0.1, 0.15) is 61.9 Å². The number of nitrogens with zero attached hydrogens (tertiary/aromatic N) is 4. The molecule has 6 rings (SSSR count). The van der Waals surface area contributed by atoms with E-state index in [9.17, 15) is 5.11 Å². The highest BCUT2D eigenvalue weighted by Crippen LogP contribution is 2.31. The number of ether oxygens (including phenoxy) is 1. The first-order chi connectivity index (χ1) is 18.7. The number of aromatic nitrogens is 3. The Hall–Kier alpha value is -3.09. The first kappa shape index (κ1) is 25.2. The predicted molar refractivity (Wildman–Crippen MR) is 151 cm³/mol. The largest absolute Gasteiger partial charge is 0.486 e. The zero-order chi connectivity index (χ0) is 25.7. The molecule has 2 aromatic carbocycles. The van der Waals surface area contributed by atoms with Crippen LogP contribution in [0, 0.1) is 5.92 Å². The van der Waals surface area contributed by atoms with Crippen molar-refractivity contribution in [1.29, 1.82) is 0 Å². The number of hydrogen-bond acceptors (Lipinski definition) is 4. The maximum Gasteiger partial charge on any atom is 0.147 e. The first-order valence-electron chi connectivity index (χ1n) is 14.4. The van der Waals surface area contributed by atoms with Gasteiger partial charge in [-0.15, -0.1) is 0 Å². The summed E-state index contributed by atoms with van der Waals surface area (Å²) in [6.45, 7) is 5.16. The first-order valence-corrected chi connectivity index (χ1v) is 14.4. The SMILES string of the molecule is OC1CCN(Cc2cn(CC3CCCCC3)c3ccc(OCc4nccn4Cc4ccccc4)cc23)CC1. The zero-order valence-corrected chi connectivity index (χ0v) is 22.3. The molecular weight excluding hydrogens is 472 g/mol. The third-order valence-corrected chi connectivity index (χ3v) is 8.43. The third-order valence-electron chi connectivity index (χ3n) is 8.43. The van der Waals surface area contributed by atoms with Gasteiger partial charge in [-0.05, 0) is 60.9 Å². The van der Waals surface area contributed by atoms with Crippen molar-refractivity contribution >= 4 is 10.9 Å². The van der Waals surface area contributed by atoms with E-state index in [-0.39, 0.29) is 6.10 Å². The van der Waals surface area contributed by atoms with E-state index >= 15 is 0 Å². The molecular formula is C32H40N4O2. The van der Waals surface area contributed by atoms with Crippen LogP contribution in [-0.2, 0) is 26.2 Å². The van der Waals surface area contributed by atoms with Crippen molar-refractivity contribution in [2.75, 3.05) is 13.1 Å². The summed E-state index contributed by atoms with van der Waals surface area (Å²) in [5.41, 5.74) is 3.92. The zero-order valence-electron chi connectivity index (χ0n) is 22.3. The lowest BCUT2D eigenvalue weighted by Gasteiger charge is -2.29. The second kappa shape index (κ2) is 11.7. The second-order valence-electron chi connectivity index (χ2n) is 11.2. The molecule has 2 fully saturated rings. The third kappa shape index (κ3) is 5.97. The number of aliphatic hydroxyl groups excluding tert-OH is 1. The van der Waals surface area contributed by atoms with Crippen molar-refractivity contribution in [2.45, 2.75) is 77.3 Å². The van der Waals surface area contributed by atoms with Gasteiger partial charge >= 0.3 is 0 Å². The van der Waals surface area contributed by atoms with Crippen LogP contribution in [0.4, 0.5) is 0 Å². The van der Waals surface area contributed by atoms with Gasteiger partial charge in [-0.2, -0.15) is 0 Å². The number of piperidine rings is 1. The van der Waals surface area contributed by atoms with Crippen molar-refractivity contribution in [3.63, 3.8) is 0 Å². The second-order valence-corrected chi connectivity index (χ2v) is 11.2. The van der Waals surface area contributed by atoms with E-state index in [4.69, 9.17) is 4.74 Å². The minimum absolute atomic E-state index is 0.145. The van der Waals surface area contributed by atoms with Gasteiger partial charge in [0, 0.05) is 62.2 Å². The highest BCUT2D eigenvalue weighted by Gasteiger charge is 2.21. The molecule has 0 bridgehead atoms. The molecule has 200 valence electrons. The molecule has 0 unspecified atom stereocenters. The lowest BCUT2D eigenvalue weighted by molar-refractivity contribution is 0.0794. The molecule has 1 N–H and O–H groups in total. The number of hydrogen-bond donors (Lipinski definition) is 1. The van der Waals surface area contributed by atoms with Crippen LogP contribution in [-0.4, -0.2) is 43.3 Å². The van der Waals surface area contributed by atoms with Gasteiger partial charge in [0.1, 0.15) is 18.2 Å². The van der Waals surface area contributed by atoms with Gasteiger partial charge in [0.05, 0.1) is 6.10 Å². The molecule has 0 radical (unpaired) electrons. The molecule has 6 nitrogen and oxygen atoms in total. The van der Waals surface area contributed by atoms with Crippen LogP contribution in [0.5, 0.6) is 5.75 Å². The van der Waals surface area contributed by atoms with Gasteiger partial charge in [0.15, 0.2) is 0 Å². The molecule has 1 saturated carbocycles. The Balaban J connectivity index is 1.21. The van der Waals surface area contributed by atoms with Crippen LogP contribution < -0.4 is 4.74 Å². The van der Waals surface area contributed by atoms with Crippen LogP contribution in [0.3, 0.4) is 0 Å². The Kier molecular flexibility index (Phi) is 7.79. The summed E-state index contributed by atoms with van der Waals surface area (Å²) in [5, 5.41) is 11.3. The molecule has 3 heterocycles. The average Bonchev–Trinajstić information content (AvgIpc) is 3.53. The van der Waals surface area contributed by atoms with Crippen LogP contribution in [0.2, 0.25) is 0 Å². The lowest BCUT2D eigenvalue weighted by Crippen LogP contribution is -2.35. The Labute approximate surface area is 225 Å². The van der Waals surface area contributed by atoms with Gasteiger partial charge in [-0.25, -0.2) is 4.98 Å². The highest BCUT2D eigenvalue weighted by atomic mass is 16.5. The van der Waals surface area contributed by atoms with Crippen molar-refractivity contribution in [1.82, 2.24) is 19.0 Å². The number of fused-ring (bicyclic) bond motifs is 1. The Morgan fingerprint density at radius 3 is 2.53 bits per heavy atom. The van der Waals surface area contributed by atoms with Gasteiger partial charge in [-0.3, -0.25) is 4.90 Å². The molecule has 0 spiro atoms. The number of likely N-dealkylation sites (tertiary alicyclic amines) is 1. The van der Waals surface area contributed by atoms with Crippen molar-refractivity contribution in [3.8, 4) is 5.75 Å². The molecule has 2 aromatic heterocycles. The molecule has 0 atom stereocenters. The van der Waals surface area contributed by atoms with Gasteiger partial charge < -0.3 is 19.0 Å². The van der Waals surface area contributed by atoms with Gasteiger partial charge in [0.2, 0.25) is 0 Å². The van der Waals surface area contributed by atoms with Crippen molar-refractivity contribution in [2.24, 2.45) is 5.92 Å². The van der Waals surface area contributed by atoms with E-state index in [1.807, 2.05) is 18.5 Å². The van der Waals surface area contributed by atoms with Crippen LogP contribution >= 0.6 is 0 Å². The normalized spacial score (nSPS) is 17.8. The van der Waals surface area contributed by atoms with Crippen molar-refractivity contribution in [3.05, 3.63) is 84.1 Å². The summed E-state index contributed by atoms with van der Waals surface area (Å²) < 4.78 is 11.0. The summed E-state index contributed by atoms with van der Waals surface area (Å²) in [5.74, 6) is 2.59. The maximum atomic E-state index is 9.97. The fourth-order valence-corrected chi connectivity index (χ4v) is 6.24. The van der Waals surface area contributed by atoms with Crippen LogP contribution in [0.15, 0.2) is 67.1 Å². The van der Waals surface area contributed by atoms with Gasteiger partial charge in [0.25, 0.3) is 0 Å². The number of benzene rings is 2. The quantitative estimate of drug-likeness (QED) is 0.299. The van der Waals surface area contributed by atoms with Crippen LogP contribution in [0.25, 0.3) is 10.9 Å². The molecule has 1 saturated heterocycles. The molecule has 38 heavy (non-hydrogen) atoms. The van der Waals surface area contributed by atoms with E-state index in [1.54, 1.807) is 0 Å². The van der Waals surface area contributed by atoms with E-state index in [2.05, 4.69) is 67.7 Å². The Morgan fingerprint density at radius 1 is 0.895 bits per heavy atom. The fraction of sp³-hybridized carbons (Fsp3) is 0.469. The Bertz CT molecular complexity index is 1310. The Morgan fingerprint density at radius 2 is 1.71 bits per heavy atom. The summed E-state index contributed by atoms with van der Waals surface area (Å²) in [4.78, 5) is 7.05. The summed E-state index contributed by atoms with van der Waals surface area (Å²) >= 11 is 0. The minimum atomic E-state index is -0.145. The molecule has 2 aliphatic rings. The number of imidazole rings is 1. The average molecular weight is 513 g/mol. The molecule has 4 aromatic rings. The molecule has 1 aliphatic heterocycles. The minimum Gasteiger partial charge on any atom is -0.486 e. The van der Waals surface area contributed by atoms with E-state index in [0.29, 0.717) is 6.61 Å². The van der Waals surface area contributed by atoms with E-state index < -0.39 is 0 Å². The summed E-state index contributed by atoms with van der Waals surface area (Å²) in [7, 11) is 0.